The first kappa shape index (κ1) is 15.8. The van der Waals surface area contributed by atoms with Crippen molar-refractivity contribution in [3.63, 3.8) is 0 Å². The molecule has 0 spiro atoms. The van der Waals surface area contributed by atoms with Crippen LogP contribution in [0.5, 0.6) is 0 Å². The number of hydrogen-bond donors (Lipinski definition) is 1. The first-order valence-corrected chi connectivity index (χ1v) is 7.68. The maximum Gasteiger partial charge on any atom is 0.340 e. The lowest BCUT2D eigenvalue weighted by molar-refractivity contribution is 0.0598. The number of carbonyl (C=O) groups is 1. The van der Waals surface area contributed by atoms with Crippen molar-refractivity contribution < 1.29 is 9.53 Å². The number of nitrogen functional groups attached to an aromatic ring is 1. The molecule has 0 heterocycles. The van der Waals surface area contributed by atoms with Crippen LogP contribution in [-0.4, -0.2) is 31.1 Å². The zero-order valence-corrected chi connectivity index (χ0v) is 13.3. The summed E-state index contributed by atoms with van der Waals surface area (Å²) in [4.78, 5) is 14.3. The molecule has 2 N–H and O–H groups in total. The maximum absolute atomic E-state index is 11.9. The third-order valence-corrected chi connectivity index (χ3v) is 4.60. The van der Waals surface area contributed by atoms with E-state index in [0.717, 1.165) is 18.0 Å². The average Bonchev–Trinajstić information content (AvgIpc) is 2.47. The number of esters is 1. The third kappa shape index (κ3) is 3.76. The van der Waals surface area contributed by atoms with Gasteiger partial charge in [-0.15, -0.1) is 0 Å². The molecule has 4 nitrogen and oxygen atoms in total. The van der Waals surface area contributed by atoms with Crippen molar-refractivity contribution in [2.24, 2.45) is 5.92 Å². The number of hydrogen-bond acceptors (Lipinski definition) is 4. The highest BCUT2D eigenvalue weighted by Crippen LogP contribution is 2.28. The lowest BCUT2D eigenvalue weighted by Crippen LogP contribution is -2.34. The van der Waals surface area contributed by atoms with Gasteiger partial charge in [-0.25, -0.2) is 4.79 Å². The van der Waals surface area contributed by atoms with E-state index in [4.69, 9.17) is 10.5 Å². The number of ether oxygens (including phenoxy) is 1. The summed E-state index contributed by atoms with van der Waals surface area (Å²) < 4.78 is 4.86. The number of anilines is 1. The van der Waals surface area contributed by atoms with Crippen LogP contribution < -0.4 is 5.73 Å². The topological polar surface area (TPSA) is 55.6 Å². The molecule has 0 amide bonds. The number of rotatable bonds is 4. The molecular formula is C17H26N2O2. The van der Waals surface area contributed by atoms with Crippen LogP contribution in [0.3, 0.4) is 0 Å². The fourth-order valence-electron chi connectivity index (χ4n) is 3.18. The Hall–Kier alpha value is -1.55. The second kappa shape index (κ2) is 6.94. The van der Waals surface area contributed by atoms with Gasteiger partial charge in [0.15, 0.2) is 0 Å². The molecule has 1 aliphatic rings. The molecule has 1 aromatic carbocycles. The summed E-state index contributed by atoms with van der Waals surface area (Å²) in [5.41, 5.74) is 7.90. The van der Waals surface area contributed by atoms with Crippen molar-refractivity contribution in [1.29, 1.82) is 0 Å². The Labute approximate surface area is 127 Å². The van der Waals surface area contributed by atoms with E-state index in [1.807, 2.05) is 12.1 Å². The molecule has 1 saturated carbocycles. The van der Waals surface area contributed by atoms with E-state index in [9.17, 15) is 4.79 Å². The van der Waals surface area contributed by atoms with Crippen molar-refractivity contribution in [2.75, 3.05) is 19.9 Å². The Bertz CT molecular complexity index is 494. The molecule has 0 atom stereocenters. The van der Waals surface area contributed by atoms with Crippen molar-refractivity contribution in [3.8, 4) is 0 Å². The highest BCUT2D eigenvalue weighted by atomic mass is 16.5. The lowest BCUT2D eigenvalue weighted by atomic mass is 9.86. The van der Waals surface area contributed by atoms with Crippen LogP contribution in [0.1, 0.15) is 48.5 Å². The van der Waals surface area contributed by atoms with Gasteiger partial charge in [-0.2, -0.15) is 0 Å². The molecule has 116 valence electrons. The lowest BCUT2D eigenvalue weighted by Gasteiger charge is -2.34. The second-order valence-electron chi connectivity index (χ2n) is 6.20. The maximum atomic E-state index is 11.9. The van der Waals surface area contributed by atoms with Crippen molar-refractivity contribution in [3.05, 3.63) is 29.3 Å². The number of nitrogens with two attached hydrogens (primary N) is 1. The zero-order chi connectivity index (χ0) is 15.4. The SMILES string of the molecule is COC(=O)c1c(N)cccc1CN(C)C1CCC(C)CC1. The van der Waals surface area contributed by atoms with Crippen LogP contribution in [0, 0.1) is 5.92 Å². The first-order valence-electron chi connectivity index (χ1n) is 7.68. The van der Waals surface area contributed by atoms with Crippen LogP contribution in [-0.2, 0) is 11.3 Å². The summed E-state index contributed by atoms with van der Waals surface area (Å²) in [6.07, 6.45) is 5.03. The van der Waals surface area contributed by atoms with E-state index < -0.39 is 0 Å². The highest BCUT2D eigenvalue weighted by molar-refractivity contribution is 5.96. The van der Waals surface area contributed by atoms with Crippen LogP contribution in [0.2, 0.25) is 0 Å². The molecule has 1 aliphatic carbocycles. The van der Waals surface area contributed by atoms with Gasteiger partial charge in [-0.05, 0) is 50.3 Å². The Balaban J connectivity index is 2.12. The zero-order valence-electron chi connectivity index (χ0n) is 13.3. The molecule has 1 fully saturated rings. The summed E-state index contributed by atoms with van der Waals surface area (Å²) in [6.45, 7) is 3.05. The molecule has 4 heteroatoms. The van der Waals surface area contributed by atoms with Crippen LogP contribution in [0.25, 0.3) is 0 Å². The predicted molar refractivity (Wildman–Crippen MR) is 85.1 cm³/mol. The number of benzene rings is 1. The van der Waals surface area contributed by atoms with Gasteiger partial charge in [0.2, 0.25) is 0 Å². The normalized spacial score (nSPS) is 22.3. The van der Waals surface area contributed by atoms with Crippen molar-refractivity contribution in [2.45, 2.75) is 45.2 Å². The van der Waals surface area contributed by atoms with E-state index in [1.165, 1.54) is 32.8 Å². The van der Waals surface area contributed by atoms with Crippen molar-refractivity contribution >= 4 is 11.7 Å². The molecule has 0 saturated heterocycles. The minimum Gasteiger partial charge on any atom is -0.465 e. The van der Waals surface area contributed by atoms with Gasteiger partial charge in [-0.3, -0.25) is 4.90 Å². The van der Waals surface area contributed by atoms with Crippen molar-refractivity contribution in [1.82, 2.24) is 4.90 Å². The van der Waals surface area contributed by atoms with Crippen LogP contribution >= 0.6 is 0 Å². The second-order valence-corrected chi connectivity index (χ2v) is 6.20. The number of methoxy groups -OCH3 is 1. The van der Waals surface area contributed by atoms with Gasteiger partial charge in [0.05, 0.1) is 12.7 Å². The molecule has 0 radical (unpaired) electrons. The van der Waals surface area contributed by atoms with Gasteiger partial charge >= 0.3 is 5.97 Å². The Morgan fingerprint density at radius 3 is 2.62 bits per heavy atom. The highest BCUT2D eigenvalue weighted by Gasteiger charge is 2.23. The molecular weight excluding hydrogens is 264 g/mol. The van der Waals surface area contributed by atoms with Gasteiger partial charge in [0.1, 0.15) is 0 Å². The molecule has 1 aromatic rings. The van der Waals surface area contributed by atoms with Gasteiger partial charge in [-0.1, -0.05) is 19.1 Å². The smallest absolute Gasteiger partial charge is 0.340 e. The van der Waals surface area contributed by atoms with Crippen LogP contribution in [0.4, 0.5) is 5.69 Å². The fourth-order valence-corrected chi connectivity index (χ4v) is 3.18. The third-order valence-electron chi connectivity index (χ3n) is 4.60. The summed E-state index contributed by atoms with van der Waals surface area (Å²) in [7, 11) is 3.52. The number of nitrogens with zero attached hydrogens (tertiary/aromatic N) is 1. The average molecular weight is 290 g/mol. The van der Waals surface area contributed by atoms with E-state index >= 15 is 0 Å². The summed E-state index contributed by atoms with van der Waals surface area (Å²) >= 11 is 0. The minimum absolute atomic E-state index is 0.353. The van der Waals surface area contributed by atoms with Crippen LogP contribution in [0.15, 0.2) is 18.2 Å². The Kier molecular flexibility index (Phi) is 5.23. The van der Waals surface area contributed by atoms with Gasteiger partial charge < -0.3 is 10.5 Å². The van der Waals surface area contributed by atoms with Gasteiger partial charge in [0.25, 0.3) is 0 Å². The Morgan fingerprint density at radius 1 is 1.33 bits per heavy atom. The molecule has 2 rings (SSSR count). The summed E-state index contributed by atoms with van der Waals surface area (Å²) in [6, 6.07) is 6.20. The minimum atomic E-state index is -0.353. The summed E-state index contributed by atoms with van der Waals surface area (Å²) in [5.74, 6) is 0.487. The summed E-state index contributed by atoms with van der Waals surface area (Å²) in [5, 5.41) is 0. The number of carbonyl (C=O) groups excluding carboxylic acids is 1. The molecule has 0 aliphatic heterocycles. The predicted octanol–water partition coefficient (Wildman–Crippen LogP) is 3.07. The monoisotopic (exact) mass is 290 g/mol. The van der Waals surface area contributed by atoms with E-state index in [1.54, 1.807) is 6.07 Å². The first-order chi connectivity index (χ1) is 10.0. The quantitative estimate of drug-likeness (QED) is 0.684. The Morgan fingerprint density at radius 2 is 2.00 bits per heavy atom. The van der Waals surface area contributed by atoms with Gasteiger partial charge in [0, 0.05) is 18.3 Å². The van der Waals surface area contributed by atoms with E-state index in [-0.39, 0.29) is 5.97 Å². The fraction of sp³-hybridized carbons (Fsp3) is 0.588. The standard InChI is InChI=1S/C17H26N2O2/c1-12-7-9-14(10-8-12)19(2)11-13-5-4-6-15(18)16(13)17(20)21-3/h4-6,12,14H,7-11,18H2,1-3H3. The van der Waals surface area contributed by atoms with E-state index in [2.05, 4.69) is 18.9 Å². The molecule has 0 bridgehead atoms. The molecule has 0 aromatic heterocycles. The molecule has 21 heavy (non-hydrogen) atoms. The van der Waals surface area contributed by atoms with E-state index in [0.29, 0.717) is 17.3 Å². The largest absolute Gasteiger partial charge is 0.465 e. The molecule has 0 unspecified atom stereocenters.